The van der Waals surface area contributed by atoms with Gasteiger partial charge in [-0.15, -0.1) is 11.8 Å². The Hall–Kier alpha value is -1.08. The molecule has 108 valence electrons. The van der Waals surface area contributed by atoms with E-state index in [-0.39, 0.29) is 6.61 Å². The molecule has 0 aliphatic rings. The molecule has 0 unspecified atom stereocenters. The highest BCUT2D eigenvalue weighted by Crippen LogP contribution is 2.31. The molecule has 1 aromatic carbocycles. The number of rotatable bonds is 7. The van der Waals surface area contributed by atoms with E-state index in [4.69, 9.17) is 10.5 Å². The van der Waals surface area contributed by atoms with E-state index < -0.39 is 12.8 Å². The molecule has 0 bridgehead atoms. The lowest BCUT2D eigenvalue weighted by molar-refractivity contribution is -0.173. The maximum atomic E-state index is 11.8. The minimum atomic E-state index is -4.26. The smallest absolute Gasteiger partial charge is 0.411 e. The molecule has 0 saturated heterocycles. The van der Waals surface area contributed by atoms with Crippen molar-refractivity contribution in [1.29, 1.82) is 0 Å². The lowest BCUT2D eigenvalue weighted by Crippen LogP contribution is -2.17. The summed E-state index contributed by atoms with van der Waals surface area (Å²) in [7, 11) is 1.55. The van der Waals surface area contributed by atoms with Crippen molar-refractivity contribution in [1.82, 2.24) is 0 Å². The van der Waals surface area contributed by atoms with Crippen LogP contribution in [0.15, 0.2) is 23.1 Å². The molecule has 0 saturated carbocycles. The summed E-state index contributed by atoms with van der Waals surface area (Å²) in [5, 5.41) is 0. The number of benzene rings is 1. The van der Waals surface area contributed by atoms with Gasteiger partial charge in [0.25, 0.3) is 0 Å². The predicted octanol–water partition coefficient (Wildman–Crippen LogP) is 3.34. The number of methoxy groups -OCH3 is 1. The first-order valence-electron chi connectivity index (χ1n) is 5.63. The Labute approximate surface area is 114 Å². The number of halogens is 3. The molecule has 2 N–H and O–H groups in total. The van der Waals surface area contributed by atoms with E-state index in [0.717, 1.165) is 4.90 Å². The molecule has 1 aromatic rings. The van der Waals surface area contributed by atoms with Crippen LogP contribution >= 0.6 is 11.8 Å². The Balaban J connectivity index is 2.26. The van der Waals surface area contributed by atoms with Crippen molar-refractivity contribution < 1.29 is 22.6 Å². The molecule has 0 radical (unpaired) electrons. The molecule has 0 aliphatic carbocycles. The van der Waals surface area contributed by atoms with Gasteiger partial charge < -0.3 is 15.2 Å². The number of alkyl halides is 3. The zero-order valence-electron chi connectivity index (χ0n) is 10.5. The Morgan fingerprint density at radius 1 is 1.32 bits per heavy atom. The number of nitrogens with two attached hydrogens (primary N) is 1. The summed E-state index contributed by atoms with van der Waals surface area (Å²) in [5.41, 5.74) is 6.23. The first-order valence-corrected chi connectivity index (χ1v) is 6.62. The molecule has 0 aromatic heterocycles. The Morgan fingerprint density at radius 3 is 2.68 bits per heavy atom. The van der Waals surface area contributed by atoms with Gasteiger partial charge in [0, 0.05) is 29.0 Å². The number of nitrogen functional groups attached to an aromatic ring is 1. The van der Waals surface area contributed by atoms with Crippen molar-refractivity contribution in [2.24, 2.45) is 0 Å². The van der Waals surface area contributed by atoms with Gasteiger partial charge >= 0.3 is 6.18 Å². The van der Waals surface area contributed by atoms with Crippen LogP contribution in [0.3, 0.4) is 0 Å². The molecular formula is C12H16F3NO2S. The molecule has 0 amide bonds. The SMILES string of the molecule is COc1cc(N)ccc1SCCCOCC(F)(F)F. The minimum absolute atomic E-state index is 0.0871. The number of thioether (sulfide) groups is 1. The van der Waals surface area contributed by atoms with Crippen molar-refractivity contribution in [3.05, 3.63) is 18.2 Å². The Kier molecular flexibility index (Phi) is 6.30. The fourth-order valence-electron chi connectivity index (χ4n) is 1.33. The topological polar surface area (TPSA) is 44.5 Å². The van der Waals surface area contributed by atoms with Crippen LogP contribution in [-0.2, 0) is 4.74 Å². The molecule has 0 atom stereocenters. The van der Waals surface area contributed by atoms with E-state index in [1.165, 1.54) is 11.8 Å². The van der Waals surface area contributed by atoms with Gasteiger partial charge in [-0.25, -0.2) is 0 Å². The number of hydrogen-bond acceptors (Lipinski definition) is 4. The summed E-state index contributed by atoms with van der Waals surface area (Å²) < 4.78 is 45.1. The Morgan fingerprint density at radius 2 is 2.05 bits per heavy atom. The monoisotopic (exact) mass is 295 g/mol. The first-order chi connectivity index (χ1) is 8.92. The zero-order valence-corrected chi connectivity index (χ0v) is 11.3. The highest BCUT2D eigenvalue weighted by atomic mass is 32.2. The van der Waals surface area contributed by atoms with Gasteiger partial charge in [-0.1, -0.05) is 0 Å². The first kappa shape index (κ1) is 16.0. The summed E-state index contributed by atoms with van der Waals surface area (Å²) in [6.07, 6.45) is -3.72. The third-order valence-corrected chi connectivity index (χ3v) is 3.29. The van der Waals surface area contributed by atoms with Crippen LogP contribution in [0.5, 0.6) is 5.75 Å². The molecule has 0 fully saturated rings. The minimum Gasteiger partial charge on any atom is -0.496 e. The molecule has 0 spiro atoms. The van der Waals surface area contributed by atoms with E-state index in [0.29, 0.717) is 23.6 Å². The van der Waals surface area contributed by atoms with Crippen LogP contribution < -0.4 is 10.5 Å². The van der Waals surface area contributed by atoms with Crippen molar-refractivity contribution in [2.45, 2.75) is 17.5 Å². The summed E-state index contributed by atoms with van der Waals surface area (Å²) in [5.74, 6) is 1.32. The largest absolute Gasteiger partial charge is 0.496 e. The summed E-state index contributed by atoms with van der Waals surface area (Å²) in [6.45, 7) is -1.10. The van der Waals surface area contributed by atoms with Crippen LogP contribution in [0.1, 0.15) is 6.42 Å². The number of hydrogen-bond donors (Lipinski definition) is 1. The summed E-state index contributed by atoms with van der Waals surface area (Å²) in [4.78, 5) is 0.910. The van der Waals surface area contributed by atoms with Crippen LogP contribution in [0.4, 0.5) is 18.9 Å². The zero-order chi connectivity index (χ0) is 14.3. The molecule has 7 heteroatoms. The van der Waals surface area contributed by atoms with Gasteiger partial charge in [0.15, 0.2) is 0 Å². The average molecular weight is 295 g/mol. The average Bonchev–Trinajstić information content (AvgIpc) is 2.33. The second kappa shape index (κ2) is 7.49. The summed E-state index contributed by atoms with van der Waals surface area (Å²) in [6, 6.07) is 5.29. The number of ether oxygens (including phenoxy) is 2. The summed E-state index contributed by atoms with van der Waals surface area (Å²) >= 11 is 1.50. The second-order valence-corrected chi connectivity index (χ2v) is 4.92. The van der Waals surface area contributed by atoms with E-state index in [1.54, 1.807) is 19.2 Å². The second-order valence-electron chi connectivity index (χ2n) is 3.78. The quantitative estimate of drug-likeness (QED) is 0.476. The molecular weight excluding hydrogens is 279 g/mol. The van der Waals surface area contributed by atoms with Crippen LogP contribution in [-0.4, -0.2) is 32.3 Å². The van der Waals surface area contributed by atoms with Crippen molar-refractivity contribution in [2.75, 3.05) is 31.8 Å². The lowest BCUT2D eigenvalue weighted by Gasteiger charge is -2.09. The molecule has 19 heavy (non-hydrogen) atoms. The fraction of sp³-hybridized carbons (Fsp3) is 0.500. The van der Waals surface area contributed by atoms with Crippen LogP contribution in [0.2, 0.25) is 0 Å². The fourth-order valence-corrected chi connectivity index (χ4v) is 2.27. The third-order valence-electron chi connectivity index (χ3n) is 2.14. The van der Waals surface area contributed by atoms with Crippen LogP contribution in [0.25, 0.3) is 0 Å². The molecule has 3 nitrogen and oxygen atoms in total. The number of anilines is 1. The predicted molar refractivity (Wildman–Crippen MR) is 69.6 cm³/mol. The maximum Gasteiger partial charge on any atom is 0.411 e. The van der Waals surface area contributed by atoms with E-state index in [2.05, 4.69) is 4.74 Å². The van der Waals surface area contributed by atoms with Gasteiger partial charge in [0.05, 0.1) is 7.11 Å². The van der Waals surface area contributed by atoms with E-state index in [1.807, 2.05) is 6.07 Å². The van der Waals surface area contributed by atoms with Gasteiger partial charge in [0.1, 0.15) is 12.4 Å². The third kappa shape index (κ3) is 6.58. The highest BCUT2D eigenvalue weighted by Gasteiger charge is 2.27. The van der Waals surface area contributed by atoms with Crippen molar-refractivity contribution in [3.8, 4) is 5.75 Å². The van der Waals surface area contributed by atoms with Gasteiger partial charge in [-0.3, -0.25) is 0 Å². The standard InChI is InChI=1S/C12H16F3NO2S/c1-17-10-7-9(16)3-4-11(10)19-6-2-5-18-8-12(13,14)15/h3-4,7H,2,5-6,8,16H2,1H3. The maximum absolute atomic E-state index is 11.8. The van der Waals surface area contributed by atoms with Gasteiger partial charge in [-0.05, 0) is 18.6 Å². The normalized spacial score (nSPS) is 11.6. The van der Waals surface area contributed by atoms with Gasteiger partial charge in [0.2, 0.25) is 0 Å². The van der Waals surface area contributed by atoms with Crippen molar-refractivity contribution in [3.63, 3.8) is 0 Å². The molecule has 0 heterocycles. The van der Waals surface area contributed by atoms with E-state index >= 15 is 0 Å². The van der Waals surface area contributed by atoms with Crippen molar-refractivity contribution >= 4 is 17.4 Å². The highest BCUT2D eigenvalue weighted by molar-refractivity contribution is 7.99. The van der Waals surface area contributed by atoms with Crippen LogP contribution in [0, 0.1) is 0 Å². The Bertz CT molecular complexity index is 399. The van der Waals surface area contributed by atoms with Gasteiger partial charge in [-0.2, -0.15) is 13.2 Å². The lowest BCUT2D eigenvalue weighted by atomic mass is 10.3. The molecule has 1 rings (SSSR count). The molecule has 0 aliphatic heterocycles. The van der Waals surface area contributed by atoms with E-state index in [9.17, 15) is 13.2 Å².